The molecule has 1 heterocycles. The van der Waals surface area contributed by atoms with E-state index < -0.39 is 15.7 Å². The van der Waals surface area contributed by atoms with Gasteiger partial charge in [0.25, 0.3) is 0 Å². The monoisotopic (exact) mass is 342 g/mol. The fourth-order valence-electron chi connectivity index (χ4n) is 2.44. The van der Waals surface area contributed by atoms with Crippen molar-refractivity contribution in [3.8, 4) is 0 Å². The van der Waals surface area contributed by atoms with Gasteiger partial charge in [-0.1, -0.05) is 0 Å². The highest BCUT2D eigenvalue weighted by Gasteiger charge is 2.28. The Kier molecular flexibility index (Phi) is 5.35. The Labute approximate surface area is 134 Å². The van der Waals surface area contributed by atoms with Gasteiger partial charge in [0.15, 0.2) is 9.84 Å². The summed E-state index contributed by atoms with van der Waals surface area (Å²) in [5.74, 6) is -1.32. The highest BCUT2D eigenvalue weighted by Crippen LogP contribution is 2.16. The normalized spacial score (nSPS) is 18.8. The van der Waals surface area contributed by atoms with E-state index in [0.29, 0.717) is 19.4 Å². The summed E-state index contributed by atoms with van der Waals surface area (Å²) in [4.78, 5) is 24.9. The number of piperidine rings is 1. The minimum absolute atomic E-state index is 0.00735. The first-order valence-electron chi connectivity index (χ1n) is 7.29. The molecule has 126 valence electrons. The molecule has 2 rings (SSSR count). The Morgan fingerprint density at radius 1 is 1.35 bits per heavy atom. The van der Waals surface area contributed by atoms with Gasteiger partial charge in [0, 0.05) is 26.6 Å². The highest BCUT2D eigenvalue weighted by molar-refractivity contribution is 7.91. The minimum Gasteiger partial charge on any atom is -0.355 e. The SMILES string of the molecule is CN1C[C@@H](C(=O)NCCS(=O)(=O)c2ccc(F)cc2)CCC1=O. The fourth-order valence-corrected chi connectivity index (χ4v) is 3.60. The van der Waals surface area contributed by atoms with E-state index in [1.165, 1.54) is 17.0 Å². The van der Waals surface area contributed by atoms with E-state index >= 15 is 0 Å². The van der Waals surface area contributed by atoms with E-state index in [0.717, 1.165) is 12.1 Å². The second kappa shape index (κ2) is 7.08. The quantitative estimate of drug-likeness (QED) is 0.794. The van der Waals surface area contributed by atoms with Crippen LogP contribution in [0.2, 0.25) is 0 Å². The van der Waals surface area contributed by atoms with Crippen LogP contribution >= 0.6 is 0 Å². The van der Waals surface area contributed by atoms with E-state index in [4.69, 9.17) is 0 Å². The lowest BCUT2D eigenvalue weighted by Gasteiger charge is -2.28. The van der Waals surface area contributed by atoms with Crippen LogP contribution in [0.25, 0.3) is 0 Å². The molecule has 1 aromatic rings. The summed E-state index contributed by atoms with van der Waals surface area (Å²) in [7, 11) is -1.93. The Hall–Kier alpha value is -1.96. The van der Waals surface area contributed by atoms with Crippen molar-refractivity contribution in [2.45, 2.75) is 17.7 Å². The maximum atomic E-state index is 12.8. The topological polar surface area (TPSA) is 83.6 Å². The first-order chi connectivity index (χ1) is 10.8. The summed E-state index contributed by atoms with van der Waals surface area (Å²) in [5.41, 5.74) is 0. The van der Waals surface area contributed by atoms with Crippen molar-refractivity contribution >= 4 is 21.7 Å². The van der Waals surface area contributed by atoms with E-state index in [9.17, 15) is 22.4 Å². The first-order valence-corrected chi connectivity index (χ1v) is 8.95. The largest absolute Gasteiger partial charge is 0.355 e. The van der Waals surface area contributed by atoms with Crippen LogP contribution in [0.1, 0.15) is 12.8 Å². The number of hydrogen-bond acceptors (Lipinski definition) is 4. The number of hydrogen-bond donors (Lipinski definition) is 1. The second-order valence-electron chi connectivity index (χ2n) is 5.57. The van der Waals surface area contributed by atoms with Crippen molar-refractivity contribution < 1.29 is 22.4 Å². The van der Waals surface area contributed by atoms with Crippen molar-refractivity contribution in [3.63, 3.8) is 0 Å². The molecule has 0 spiro atoms. The summed E-state index contributed by atoms with van der Waals surface area (Å²) in [6.07, 6.45) is 0.794. The van der Waals surface area contributed by atoms with E-state index in [1.807, 2.05) is 0 Å². The maximum absolute atomic E-state index is 12.8. The van der Waals surface area contributed by atoms with Gasteiger partial charge in [0.05, 0.1) is 16.6 Å². The molecule has 6 nitrogen and oxygen atoms in total. The minimum atomic E-state index is -3.57. The molecule has 1 N–H and O–H groups in total. The predicted octanol–water partition coefficient (Wildman–Crippen LogP) is 0.584. The standard InChI is InChI=1S/C15H19FN2O4S/c1-18-10-11(2-7-14(18)19)15(20)17-8-9-23(21,22)13-5-3-12(16)4-6-13/h3-6,11H,2,7-10H2,1H3,(H,17,20)/t11-/m0/s1. The van der Waals surface area contributed by atoms with E-state index in [-0.39, 0.29) is 34.9 Å². The number of amides is 2. The molecular formula is C15H19FN2O4S. The molecule has 0 saturated carbocycles. The number of halogens is 1. The third-order valence-electron chi connectivity index (χ3n) is 3.84. The average Bonchev–Trinajstić information content (AvgIpc) is 2.50. The van der Waals surface area contributed by atoms with Crippen LogP contribution in [0.15, 0.2) is 29.2 Å². The molecular weight excluding hydrogens is 323 g/mol. The lowest BCUT2D eigenvalue weighted by Crippen LogP contribution is -2.44. The van der Waals surface area contributed by atoms with Crippen LogP contribution in [-0.4, -0.2) is 51.0 Å². The number of carbonyl (C=O) groups excluding carboxylic acids is 2. The molecule has 1 atom stereocenters. The molecule has 0 radical (unpaired) electrons. The van der Waals surface area contributed by atoms with Crippen LogP contribution in [0.3, 0.4) is 0 Å². The van der Waals surface area contributed by atoms with Gasteiger partial charge in [-0.25, -0.2) is 12.8 Å². The van der Waals surface area contributed by atoms with Crippen LogP contribution in [0.5, 0.6) is 0 Å². The van der Waals surface area contributed by atoms with Crippen molar-refractivity contribution in [1.82, 2.24) is 10.2 Å². The molecule has 1 aromatic carbocycles. The lowest BCUT2D eigenvalue weighted by atomic mass is 9.97. The number of nitrogens with one attached hydrogen (secondary N) is 1. The molecule has 0 aliphatic carbocycles. The van der Waals surface area contributed by atoms with E-state index in [2.05, 4.69) is 5.32 Å². The molecule has 0 aromatic heterocycles. The number of nitrogens with zero attached hydrogens (tertiary/aromatic N) is 1. The van der Waals surface area contributed by atoms with Crippen LogP contribution in [0, 0.1) is 11.7 Å². The molecule has 1 saturated heterocycles. The van der Waals surface area contributed by atoms with Gasteiger partial charge in [0.2, 0.25) is 11.8 Å². The van der Waals surface area contributed by atoms with E-state index in [1.54, 1.807) is 7.05 Å². The molecule has 8 heteroatoms. The Morgan fingerprint density at radius 3 is 2.61 bits per heavy atom. The summed E-state index contributed by atoms with van der Waals surface area (Å²) in [6, 6.07) is 4.57. The van der Waals surface area contributed by atoms with Gasteiger partial charge in [-0.3, -0.25) is 9.59 Å². The highest BCUT2D eigenvalue weighted by atomic mass is 32.2. The number of rotatable bonds is 5. The third-order valence-corrected chi connectivity index (χ3v) is 5.57. The maximum Gasteiger partial charge on any atom is 0.224 e. The smallest absolute Gasteiger partial charge is 0.224 e. The number of likely N-dealkylation sites (tertiary alicyclic amines) is 1. The van der Waals surface area contributed by atoms with Crippen LogP contribution in [-0.2, 0) is 19.4 Å². The van der Waals surface area contributed by atoms with Gasteiger partial charge in [0.1, 0.15) is 5.82 Å². The van der Waals surface area contributed by atoms with Gasteiger partial charge in [-0.05, 0) is 30.7 Å². The second-order valence-corrected chi connectivity index (χ2v) is 7.68. The van der Waals surface area contributed by atoms with Crippen molar-refractivity contribution in [2.75, 3.05) is 25.9 Å². The van der Waals surface area contributed by atoms with Gasteiger partial charge < -0.3 is 10.2 Å². The third kappa shape index (κ3) is 4.51. The van der Waals surface area contributed by atoms with Crippen LogP contribution < -0.4 is 5.32 Å². The van der Waals surface area contributed by atoms with Gasteiger partial charge in [-0.2, -0.15) is 0 Å². The first kappa shape index (κ1) is 17.4. The van der Waals surface area contributed by atoms with Gasteiger partial charge in [-0.15, -0.1) is 0 Å². The number of sulfone groups is 1. The number of carbonyl (C=O) groups is 2. The summed E-state index contributed by atoms with van der Waals surface area (Å²) < 4.78 is 37.0. The van der Waals surface area contributed by atoms with Gasteiger partial charge >= 0.3 is 0 Å². The molecule has 1 aliphatic rings. The summed E-state index contributed by atoms with van der Waals surface area (Å²) in [5, 5.41) is 2.59. The van der Waals surface area contributed by atoms with Crippen molar-refractivity contribution in [1.29, 1.82) is 0 Å². The zero-order valence-electron chi connectivity index (χ0n) is 12.8. The Bertz CT molecular complexity index is 688. The summed E-state index contributed by atoms with van der Waals surface area (Å²) >= 11 is 0. The molecule has 0 unspecified atom stereocenters. The molecule has 0 bridgehead atoms. The Morgan fingerprint density at radius 2 is 2.00 bits per heavy atom. The average molecular weight is 342 g/mol. The number of benzene rings is 1. The molecule has 1 fully saturated rings. The fraction of sp³-hybridized carbons (Fsp3) is 0.467. The Balaban J connectivity index is 1.85. The zero-order valence-corrected chi connectivity index (χ0v) is 13.6. The zero-order chi connectivity index (χ0) is 17.0. The van der Waals surface area contributed by atoms with Crippen LogP contribution in [0.4, 0.5) is 4.39 Å². The summed E-state index contributed by atoms with van der Waals surface area (Å²) in [6.45, 7) is 0.322. The predicted molar refractivity (Wildman–Crippen MR) is 81.8 cm³/mol. The lowest BCUT2D eigenvalue weighted by molar-refractivity contribution is -0.136. The van der Waals surface area contributed by atoms with Crippen molar-refractivity contribution in [3.05, 3.63) is 30.1 Å². The molecule has 2 amide bonds. The molecule has 23 heavy (non-hydrogen) atoms. The van der Waals surface area contributed by atoms with Crippen molar-refractivity contribution in [2.24, 2.45) is 5.92 Å². The molecule has 1 aliphatic heterocycles.